The van der Waals surface area contributed by atoms with Gasteiger partial charge in [0.1, 0.15) is 11.4 Å². The van der Waals surface area contributed by atoms with Gasteiger partial charge in [-0.1, -0.05) is 0 Å². The smallest absolute Gasteiger partial charge is 0.356 e. The zero-order valence-corrected chi connectivity index (χ0v) is 7.70. The second-order valence-corrected chi connectivity index (χ2v) is 2.57. The molecule has 0 saturated carbocycles. The van der Waals surface area contributed by atoms with Crippen LogP contribution in [0, 0.1) is 11.3 Å². The molecule has 78 valence electrons. The molecule has 0 unspecified atom stereocenters. The van der Waals surface area contributed by atoms with E-state index in [0.717, 1.165) is 19.2 Å². The summed E-state index contributed by atoms with van der Waals surface area (Å²) in [6.07, 6.45) is -2.83. The average molecular weight is 212 g/mol. The van der Waals surface area contributed by atoms with E-state index in [1.165, 1.54) is 0 Å². The minimum Gasteiger partial charge on any atom is -0.464 e. The van der Waals surface area contributed by atoms with Crippen LogP contribution in [-0.2, 0) is 4.74 Å². The van der Waals surface area contributed by atoms with Gasteiger partial charge in [-0.05, 0) is 12.1 Å². The number of pyridine rings is 1. The van der Waals surface area contributed by atoms with Crippen molar-refractivity contribution in [1.29, 1.82) is 5.26 Å². The number of hydrogen-bond donors (Lipinski definition) is 0. The highest BCUT2D eigenvalue weighted by Crippen LogP contribution is 2.18. The molecule has 1 aromatic heterocycles. The van der Waals surface area contributed by atoms with Crippen LogP contribution in [0.2, 0.25) is 0 Å². The fraction of sp³-hybridized carbons (Fsp3) is 0.222. The highest BCUT2D eigenvalue weighted by molar-refractivity contribution is 5.87. The molecular weight excluding hydrogens is 206 g/mol. The van der Waals surface area contributed by atoms with Gasteiger partial charge in [0, 0.05) is 0 Å². The van der Waals surface area contributed by atoms with Crippen LogP contribution in [0.1, 0.15) is 28.2 Å². The number of esters is 1. The lowest BCUT2D eigenvalue weighted by Gasteiger charge is -2.03. The van der Waals surface area contributed by atoms with Crippen molar-refractivity contribution in [3.63, 3.8) is 0 Å². The molecule has 0 saturated heterocycles. The van der Waals surface area contributed by atoms with Gasteiger partial charge in [-0.15, -0.1) is 0 Å². The average Bonchev–Trinajstić information content (AvgIpc) is 2.27. The van der Waals surface area contributed by atoms with Crippen molar-refractivity contribution in [2.24, 2.45) is 0 Å². The van der Waals surface area contributed by atoms with Crippen molar-refractivity contribution in [3.8, 4) is 6.07 Å². The summed E-state index contributed by atoms with van der Waals surface area (Å²) in [5.41, 5.74) is -0.970. The largest absolute Gasteiger partial charge is 0.464 e. The lowest BCUT2D eigenvalue weighted by molar-refractivity contribution is 0.0592. The lowest BCUT2D eigenvalue weighted by Crippen LogP contribution is -2.07. The molecule has 15 heavy (non-hydrogen) atoms. The Labute approximate surface area is 84.1 Å². The van der Waals surface area contributed by atoms with Crippen molar-refractivity contribution < 1.29 is 18.3 Å². The molecule has 0 amide bonds. The molecule has 0 aliphatic rings. The maximum atomic E-state index is 12.3. The Hall–Kier alpha value is -2.03. The SMILES string of the molecule is COC(=O)c1cc(C#N)cc(C(F)F)n1. The van der Waals surface area contributed by atoms with Crippen LogP contribution >= 0.6 is 0 Å². The molecule has 1 rings (SSSR count). The fourth-order valence-electron chi connectivity index (χ4n) is 0.937. The second-order valence-electron chi connectivity index (χ2n) is 2.57. The van der Waals surface area contributed by atoms with E-state index in [2.05, 4.69) is 9.72 Å². The summed E-state index contributed by atoms with van der Waals surface area (Å²) >= 11 is 0. The third-order valence-corrected chi connectivity index (χ3v) is 1.59. The van der Waals surface area contributed by atoms with E-state index in [1.807, 2.05) is 0 Å². The van der Waals surface area contributed by atoms with Gasteiger partial charge >= 0.3 is 5.97 Å². The summed E-state index contributed by atoms with van der Waals surface area (Å²) in [5.74, 6) is -0.853. The number of hydrogen-bond acceptors (Lipinski definition) is 4. The minimum absolute atomic E-state index is 0.0549. The lowest BCUT2D eigenvalue weighted by atomic mass is 10.2. The first-order chi connectivity index (χ1) is 7.08. The molecule has 1 heterocycles. The quantitative estimate of drug-likeness (QED) is 0.699. The van der Waals surface area contributed by atoms with Crippen LogP contribution in [0.15, 0.2) is 12.1 Å². The summed E-state index contributed by atoms with van der Waals surface area (Å²) < 4.78 is 28.9. The molecule has 0 aliphatic heterocycles. The van der Waals surface area contributed by atoms with Gasteiger partial charge in [-0.3, -0.25) is 0 Å². The van der Waals surface area contributed by atoms with E-state index in [4.69, 9.17) is 5.26 Å². The van der Waals surface area contributed by atoms with Gasteiger partial charge in [0.15, 0.2) is 0 Å². The van der Waals surface area contributed by atoms with Crippen molar-refractivity contribution in [2.75, 3.05) is 7.11 Å². The van der Waals surface area contributed by atoms with Crippen LogP contribution in [0.5, 0.6) is 0 Å². The molecule has 0 spiro atoms. The fourth-order valence-corrected chi connectivity index (χ4v) is 0.937. The van der Waals surface area contributed by atoms with Gasteiger partial charge in [-0.25, -0.2) is 18.6 Å². The number of carbonyl (C=O) groups is 1. The Morgan fingerprint density at radius 1 is 1.60 bits per heavy atom. The molecule has 6 heteroatoms. The molecule has 0 aliphatic carbocycles. The maximum absolute atomic E-state index is 12.3. The third-order valence-electron chi connectivity index (χ3n) is 1.59. The number of alkyl halides is 2. The van der Waals surface area contributed by atoms with Crippen LogP contribution in [0.25, 0.3) is 0 Å². The Morgan fingerprint density at radius 2 is 2.27 bits per heavy atom. The highest BCUT2D eigenvalue weighted by atomic mass is 19.3. The van der Waals surface area contributed by atoms with Crippen LogP contribution in [-0.4, -0.2) is 18.1 Å². The molecule has 0 aromatic carbocycles. The first-order valence-electron chi connectivity index (χ1n) is 3.87. The number of methoxy groups -OCH3 is 1. The van der Waals surface area contributed by atoms with Crippen molar-refractivity contribution in [1.82, 2.24) is 4.98 Å². The maximum Gasteiger partial charge on any atom is 0.356 e. The first-order valence-corrected chi connectivity index (χ1v) is 3.87. The van der Waals surface area contributed by atoms with Gasteiger partial charge < -0.3 is 4.74 Å². The molecule has 0 N–H and O–H groups in total. The van der Waals surface area contributed by atoms with E-state index in [0.29, 0.717) is 0 Å². The second kappa shape index (κ2) is 4.46. The van der Waals surface area contributed by atoms with Crippen molar-refractivity contribution in [3.05, 3.63) is 29.1 Å². The molecule has 1 aromatic rings. The number of halogens is 2. The van der Waals surface area contributed by atoms with Crippen LogP contribution < -0.4 is 0 Å². The predicted molar refractivity (Wildman–Crippen MR) is 45.2 cm³/mol. The van der Waals surface area contributed by atoms with E-state index < -0.39 is 18.1 Å². The van der Waals surface area contributed by atoms with Gasteiger partial charge in [0.05, 0.1) is 18.7 Å². The molecule has 0 radical (unpaired) electrons. The van der Waals surface area contributed by atoms with E-state index in [-0.39, 0.29) is 11.3 Å². The Morgan fingerprint density at radius 3 is 2.73 bits per heavy atom. The monoisotopic (exact) mass is 212 g/mol. The van der Waals surface area contributed by atoms with Gasteiger partial charge in [0.2, 0.25) is 0 Å². The predicted octanol–water partition coefficient (Wildman–Crippen LogP) is 1.68. The first kappa shape index (κ1) is 11.0. The standard InChI is InChI=1S/C9H6F2N2O2/c1-15-9(14)7-3-5(4-12)2-6(13-7)8(10)11/h2-3,8H,1H3. The Balaban J connectivity index is 3.24. The number of nitrogens with zero attached hydrogens (tertiary/aromatic N) is 2. The van der Waals surface area contributed by atoms with Crippen LogP contribution in [0.3, 0.4) is 0 Å². The van der Waals surface area contributed by atoms with Gasteiger partial charge in [0.25, 0.3) is 6.43 Å². The number of aromatic nitrogens is 1. The summed E-state index contributed by atoms with van der Waals surface area (Å²) in [5, 5.41) is 8.55. The summed E-state index contributed by atoms with van der Waals surface area (Å²) in [7, 11) is 1.10. The molecule has 4 nitrogen and oxygen atoms in total. The number of carbonyl (C=O) groups excluding carboxylic acids is 1. The Kier molecular flexibility index (Phi) is 3.29. The minimum atomic E-state index is -2.83. The number of ether oxygens (including phenoxy) is 1. The van der Waals surface area contributed by atoms with Crippen molar-refractivity contribution in [2.45, 2.75) is 6.43 Å². The topological polar surface area (TPSA) is 63.0 Å². The summed E-state index contributed by atoms with van der Waals surface area (Å²) in [4.78, 5) is 14.4. The molecular formula is C9H6F2N2O2. The van der Waals surface area contributed by atoms with Crippen LogP contribution in [0.4, 0.5) is 8.78 Å². The van der Waals surface area contributed by atoms with E-state index >= 15 is 0 Å². The zero-order chi connectivity index (χ0) is 11.4. The number of nitriles is 1. The van der Waals surface area contributed by atoms with Gasteiger partial charge in [-0.2, -0.15) is 5.26 Å². The molecule has 0 bridgehead atoms. The molecule has 0 atom stereocenters. The normalized spacial score (nSPS) is 9.80. The Bertz CT molecular complexity index is 427. The van der Waals surface area contributed by atoms with E-state index in [9.17, 15) is 13.6 Å². The summed E-state index contributed by atoms with van der Waals surface area (Å²) in [6.45, 7) is 0. The third kappa shape index (κ3) is 2.47. The zero-order valence-electron chi connectivity index (χ0n) is 7.70. The van der Waals surface area contributed by atoms with E-state index in [1.54, 1.807) is 6.07 Å². The summed E-state index contributed by atoms with van der Waals surface area (Å²) in [6, 6.07) is 3.68. The number of rotatable bonds is 2. The van der Waals surface area contributed by atoms with Crippen molar-refractivity contribution >= 4 is 5.97 Å². The highest BCUT2D eigenvalue weighted by Gasteiger charge is 2.15. The molecule has 0 fully saturated rings.